The van der Waals surface area contributed by atoms with Gasteiger partial charge in [-0.05, 0) is 37.1 Å². The zero-order valence-corrected chi connectivity index (χ0v) is 9.27. The summed E-state index contributed by atoms with van der Waals surface area (Å²) in [5, 5.41) is 2.21. The Kier molecular flexibility index (Phi) is 2.97. The SMILES string of the molecule is Cc1ccc(C#CS(C)(=O)=O)cc1C. The third-order valence-electron chi connectivity index (χ3n) is 1.89. The second kappa shape index (κ2) is 3.85. The van der Waals surface area contributed by atoms with Gasteiger partial charge in [0.15, 0.2) is 0 Å². The highest BCUT2D eigenvalue weighted by molar-refractivity contribution is 7.95. The summed E-state index contributed by atoms with van der Waals surface area (Å²) in [5.74, 6) is 2.61. The van der Waals surface area contributed by atoms with Crippen LogP contribution < -0.4 is 0 Å². The first-order valence-electron chi connectivity index (χ1n) is 4.18. The third kappa shape index (κ3) is 3.23. The van der Waals surface area contributed by atoms with Crippen molar-refractivity contribution >= 4 is 9.84 Å². The van der Waals surface area contributed by atoms with Crippen LogP contribution in [-0.4, -0.2) is 14.7 Å². The molecule has 0 aliphatic carbocycles. The summed E-state index contributed by atoms with van der Waals surface area (Å²) >= 11 is 0. The summed E-state index contributed by atoms with van der Waals surface area (Å²) in [6.07, 6.45) is 1.10. The Hall–Kier alpha value is -1.27. The first-order chi connectivity index (χ1) is 6.38. The van der Waals surface area contributed by atoms with Gasteiger partial charge >= 0.3 is 0 Å². The highest BCUT2D eigenvalue weighted by Crippen LogP contribution is 2.08. The lowest BCUT2D eigenvalue weighted by atomic mass is 10.1. The molecule has 0 heterocycles. The van der Waals surface area contributed by atoms with E-state index in [2.05, 4.69) is 11.2 Å². The van der Waals surface area contributed by atoms with E-state index in [9.17, 15) is 8.42 Å². The zero-order chi connectivity index (χ0) is 10.8. The van der Waals surface area contributed by atoms with Crippen molar-refractivity contribution in [1.29, 1.82) is 0 Å². The first kappa shape index (κ1) is 10.8. The van der Waals surface area contributed by atoms with Gasteiger partial charge in [0.05, 0.1) is 6.26 Å². The molecular formula is C11H12O2S. The fourth-order valence-electron chi connectivity index (χ4n) is 0.971. The monoisotopic (exact) mass is 208 g/mol. The number of hydrogen-bond donors (Lipinski definition) is 0. The topological polar surface area (TPSA) is 34.1 Å². The van der Waals surface area contributed by atoms with E-state index in [4.69, 9.17) is 0 Å². The van der Waals surface area contributed by atoms with Crippen LogP contribution in [0.3, 0.4) is 0 Å². The molecule has 1 rings (SSSR count). The van der Waals surface area contributed by atoms with Gasteiger partial charge in [0.1, 0.15) is 0 Å². The van der Waals surface area contributed by atoms with Crippen LogP contribution in [0.4, 0.5) is 0 Å². The molecule has 1 aromatic rings. The van der Waals surface area contributed by atoms with Gasteiger partial charge in [-0.1, -0.05) is 12.0 Å². The van der Waals surface area contributed by atoms with E-state index in [1.165, 1.54) is 5.56 Å². The minimum absolute atomic E-state index is 0.735. The maximum Gasteiger partial charge on any atom is 0.214 e. The number of benzene rings is 1. The Labute approximate surface area is 84.9 Å². The molecule has 0 fully saturated rings. The molecule has 0 saturated heterocycles. The van der Waals surface area contributed by atoms with Crippen LogP contribution in [0.1, 0.15) is 16.7 Å². The van der Waals surface area contributed by atoms with Crippen LogP contribution in [0, 0.1) is 25.0 Å². The molecule has 1 aromatic carbocycles. The maximum absolute atomic E-state index is 10.8. The standard InChI is InChI=1S/C11H12O2S/c1-9-4-5-11(8-10(9)2)6-7-14(3,12)13/h4-5,8H,1-3H3. The lowest BCUT2D eigenvalue weighted by Crippen LogP contribution is -1.89. The summed E-state index contributed by atoms with van der Waals surface area (Å²) < 4.78 is 21.6. The lowest BCUT2D eigenvalue weighted by Gasteiger charge is -1.98. The molecular weight excluding hydrogens is 196 g/mol. The van der Waals surface area contributed by atoms with Crippen LogP contribution in [0.2, 0.25) is 0 Å². The Morgan fingerprint density at radius 3 is 2.29 bits per heavy atom. The molecule has 0 atom stereocenters. The fraction of sp³-hybridized carbons (Fsp3) is 0.273. The van der Waals surface area contributed by atoms with Crippen LogP contribution in [0.15, 0.2) is 18.2 Å². The molecule has 0 radical (unpaired) electrons. The number of sulfone groups is 1. The van der Waals surface area contributed by atoms with Crippen molar-refractivity contribution in [2.75, 3.05) is 6.26 Å². The van der Waals surface area contributed by atoms with Crippen molar-refractivity contribution < 1.29 is 8.42 Å². The molecule has 0 saturated carbocycles. The van der Waals surface area contributed by atoms with Gasteiger partial charge in [-0.2, -0.15) is 0 Å². The van der Waals surface area contributed by atoms with Crippen molar-refractivity contribution in [3.05, 3.63) is 34.9 Å². The summed E-state index contributed by atoms with van der Waals surface area (Å²) in [6, 6.07) is 5.63. The van der Waals surface area contributed by atoms with E-state index in [0.717, 1.165) is 17.4 Å². The van der Waals surface area contributed by atoms with E-state index >= 15 is 0 Å². The average Bonchev–Trinajstić information content (AvgIpc) is 2.06. The van der Waals surface area contributed by atoms with Crippen LogP contribution >= 0.6 is 0 Å². The van der Waals surface area contributed by atoms with Crippen LogP contribution in [0.25, 0.3) is 0 Å². The van der Waals surface area contributed by atoms with Crippen molar-refractivity contribution in [2.45, 2.75) is 13.8 Å². The number of rotatable bonds is 0. The minimum atomic E-state index is -3.21. The Morgan fingerprint density at radius 1 is 1.14 bits per heavy atom. The Bertz CT molecular complexity index is 502. The second-order valence-electron chi connectivity index (χ2n) is 3.30. The Balaban J connectivity index is 3.10. The van der Waals surface area contributed by atoms with E-state index in [0.29, 0.717) is 0 Å². The molecule has 0 spiro atoms. The summed E-state index contributed by atoms with van der Waals surface area (Å²) in [5.41, 5.74) is 3.03. The van der Waals surface area contributed by atoms with Crippen molar-refractivity contribution in [1.82, 2.24) is 0 Å². The largest absolute Gasteiger partial charge is 0.216 e. The molecule has 0 aromatic heterocycles. The van der Waals surface area contributed by atoms with Gasteiger partial charge in [-0.15, -0.1) is 0 Å². The smallest absolute Gasteiger partial charge is 0.214 e. The van der Waals surface area contributed by atoms with Gasteiger partial charge in [0.25, 0.3) is 0 Å². The predicted molar refractivity (Wildman–Crippen MR) is 57.6 cm³/mol. The summed E-state index contributed by atoms with van der Waals surface area (Å²) in [7, 11) is -3.21. The van der Waals surface area contributed by atoms with Crippen molar-refractivity contribution in [3.63, 3.8) is 0 Å². The van der Waals surface area contributed by atoms with Crippen molar-refractivity contribution in [2.24, 2.45) is 0 Å². The number of aryl methyl sites for hydroxylation is 2. The van der Waals surface area contributed by atoms with Gasteiger partial charge < -0.3 is 0 Å². The average molecular weight is 208 g/mol. The molecule has 0 unspecified atom stereocenters. The molecule has 0 amide bonds. The van der Waals surface area contributed by atoms with Gasteiger partial charge in [0.2, 0.25) is 9.84 Å². The first-order valence-corrected chi connectivity index (χ1v) is 6.08. The summed E-state index contributed by atoms with van der Waals surface area (Å²) in [6.45, 7) is 3.98. The molecule has 2 nitrogen and oxygen atoms in total. The molecule has 0 aliphatic rings. The van der Waals surface area contributed by atoms with Gasteiger partial charge in [-0.3, -0.25) is 0 Å². The molecule has 0 N–H and O–H groups in total. The molecule has 3 heteroatoms. The second-order valence-corrected chi connectivity index (χ2v) is 5.05. The Morgan fingerprint density at radius 2 is 1.79 bits per heavy atom. The highest BCUT2D eigenvalue weighted by Gasteiger charge is 1.95. The zero-order valence-electron chi connectivity index (χ0n) is 8.46. The fourth-order valence-corrected chi connectivity index (χ4v) is 1.27. The summed E-state index contributed by atoms with van der Waals surface area (Å²) in [4.78, 5) is 0. The molecule has 0 aliphatic heterocycles. The maximum atomic E-state index is 10.8. The van der Waals surface area contributed by atoms with Gasteiger partial charge in [0, 0.05) is 10.8 Å². The van der Waals surface area contributed by atoms with Crippen LogP contribution in [-0.2, 0) is 9.84 Å². The number of hydrogen-bond acceptors (Lipinski definition) is 2. The van der Waals surface area contributed by atoms with Gasteiger partial charge in [-0.25, -0.2) is 8.42 Å². The van der Waals surface area contributed by atoms with E-state index in [-0.39, 0.29) is 0 Å². The lowest BCUT2D eigenvalue weighted by molar-refractivity contribution is 0.611. The minimum Gasteiger partial charge on any atom is -0.216 e. The predicted octanol–water partition coefficient (Wildman–Crippen LogP) is 1.66. The molecule has 74 valence electrons. The van der Waals surface area contributed by atoms with E-state index in [1.807, 2.05) is 32.0 Å². The normalized spacial score (nSPS) is 10.5. The van der Waals surface area contributed by atoms with E-state index < -0.39 is 9.84 Å². The molecule has 14 heavy (non-hydrogen) atoms. The quantitative estimate of drug-likeness (QED) is 0.608. The highest BCUT2D eigenvalue weighted by atomic mass is 32.2. The molecule has 0 bridgehead atoms. The third-order valence-corrected chi connectivity index (χ3v) is 2.36. The van der Waals surface area contributed by atoms with Crippen LogP contribution in [0.5, 0.6) is 0 Å². The van der Waals surface area contributed by atoms with E-state index in [1.54, 1.807) is 0 Å². The van der Waals surface area contributed by atoms with Crippen molar-refractivity contribution in [3.8, 4) is 11.2 Å².